The molecular weight excluding hydrogens is 422 g/mol. The van der Waals surface area contributed by atoms with Gasteiger partial charge in [-0.1, -0.05) is 6.07 Å². The Bertz CT molecular complexity index is 1040. The molecule has 0 atom stereocenters. The number of nitrogens with one attached hydrogen (secondary N) is 1. The lowest BCUT2D eigenvalue weighted by Gasteiger charge is -2.22. The molecular formula is C21H27N3O6S. The number of anilines is 1. The number of benzene rings is 2. The molecule has 0 aliphatic heterocycles. The Morgan fingerprint density at radius 2 is 1.58 bits per heavy atom. The summed E-state index contributed by atoms with van der Waals surface area (Å²) in [5, 5.41) is 2.70. The Morgan fingerprint density at radius 3 is 2.10 bits per heavy atom. The minimum absolute atomic E-state index is 0.188. The predicted molar refractivity (Wildman–Crippen MR) is 118 cm³/mol. The van der Waals surface area contributed by atoms with E-state index in [1.165, 1.54) is 43.4 Å². The summed E-state index contributed by atoms with van der Waals surface area (Å²) in [6, 6.07) is 11.3. The van der Waals surface area contributed by atoms with Gasteiger partial charge in [-0.3, -0.25) is 13.9 Å². The van der Waals surface area contributed by atoms with E-state index in [-0.39, 0.29) is 12.5 Å². The molecule has 0 saturated heterocycles. The van der Waals surface area contributed by atoms with E-state index >= 15 is 0 Å². The van der Waals surface area contributed by atoms with E-state index < -0.39 is 22.5 Å². The fourth-order valence-corrected chi connectivity index (χ4v) is 3.66. The van der Waals surface area contributed by atoms with Crippen molar-refractivity contribution < 1.29 is 27.5 Å². The molecule has 2 rings (SSSR count). The third-order valence-corrected chi connectivity index (χ3v) is 5.57. The Hall–Kier alpha value is -3.27. The zero-order valence-corrected chi connectivity index (χ0v) is 19.0. The van der Waals surface area contributed by atoms with Crippen LogP contribution < -0.4 is 19.1 Å². The van der Waals surface area contributed by atoms with Crippen LogP contribution in [0.4, 0.5) is 5.69 Å². The summed E-state index contributed by atoms with van der Waals surface area (Å²) in [5.41, 5.74) is 1.47. The summed E-state index contributed by atoms with van der Waals surface area (Å²) in [6.45, 7) is -0.208. The van der Waals surface area contributed by atoms with Gasteiger partial charge < -0.3 is 19.7 Å². The van der Waals surface area contributed by atoms with E-state index in [1.807, 2.05) is 0 Å². The zero-order chi connectivity index (χ0) is 23.2. The second kappa shape index (κ2) is 10.2. The molecule has 0 aliphatic carbocycles. The number of methoxy groups -OCH3 is 2. The summed E-state index contributed by atoms with van der Waals surface area (Å²) in [5.74, 6) is 0.412. The number of sulfonamides is 1. The third kappa shape index (κ3) is 6.35. The molecule has 0 heterocycles. The van der Waals surface area contributed by atoms with E-state index in [1.54, 1.807) is 32.3 Å². The van der Waals surface area contributed by atoms with Gasteiger partial charge in [0.2, 0.25) is 15.9 Å². The van der Waals surface area contributed by atoms with Crippen LogP contribution in [0.3, 0.4) is 0 Å². The van der Waals surface area contributed by atoms with Gasteiger partial charge in [-0.05, 0) is 42.0 Å². The maximum absolute atomic E-state index is 12.5. The van der Waals surface area contributed by atoms with Gasteiger partial charge in [-0.2, -0.15) is 0 Å². The molecule has 0 spiro atoms. The van der Waals surface area contributed by atoms with Gasteiger partial charge in [0.15, 0.2) is 11.5 Å². The largest absolute Gasteiger partial charge is 0.493 e. The minimum atomic E-state index is -3.72. The van der Waals surface area contributed by atoms with Crippen LogP contribution in [0, 0.1) is 0 Å². The molecule has 10 heteroatoms. The maximum Gasteiger partial charge on any atom is 0.253 e. The van der Waals surface area contributed by atoms with E-state index in [9.17, 15) is 18.0 Å². The van der Waals surface area contributed by atoms with Gasteiger partial charge in [0.1, 0.15) is 6.54 Å². The van der Waals surface area contributed by atoms with E-state index in [2.05, 4.69) is 5.32 Å². The van der Waals surface area contributed by atoms with Gasteiger partial charge in [-0.15, -0.1) is 0 Å². The number of carbonyl (C=O) groups is 2. The monoisotopic (exact) mass is 449 g/mol. The fraction of sp³-hybridized carbons (Fsp3) is 0.333. The van der Waals surface area contributed by atoms with Crippen LogP contribution in [0.5, 0.6) is 11.5 Å². The molecule has 168 valence electrons. The fourth-order valence-electron chi connectivity index (χ4n) is 2.81. The van der Waals surface area contributed by atoms with Gasteiger partial charge in [0, 0.05) is 26.2 Å². The minimum Gasteiger partial charge on any atom is -0.493 e. The van der Waals surface area contributed by atoms with Crippen molar-refractivity contribution in [3.05, 3.63) is 53.6 Å². The molecule has 0 unspecified atom stereocenters. The molecule has 0 saturated carbocycles. The summed E-state index contributed by atoms with van der Waals surface area (Å²) in [7, 11) is 2.57. The molecule has 0 aromatic heterocycles. The van der Waals surface area contributed by atoms with Crippen molar-refractivity contribution in [2.24, 2.45) is 0 Å². The van der Waals surface area contributed by atoms with Crippen molar-refractivity contribution in [3.63, 3.8) is 0 Å². The standard InChI is InChI=1S/C21H27N3O6S/c1-23(2)21(26)16-7-9-17(10-8-16)24(31(5,27)28)14-20(25)22-13-15-6-11-18(29-3)19(12-15)30-4/h6-12H,13-14H2,1-5H3,(H,22,25). The zero-order valence-electron chi connectivity index (χ0n) is 18.2. The van der Waals surface area contributed by atoms with Crippen LogP contribution in [-0.4, -0.2) is 66.2 Å². The molecule has 2 amide bonds. The van der Waals surface area contributed by atoms with Gasteiger partial charge >= 0.3 is 0 Å². The first-order chi connectivity index (χ1) is 14.6. The van der Waals surface area contributed by atoms with Crippen molar-refractivity contribution in [1.82, 2.24) is 10.2 Å². The van der Waals surface area contributed by atoms with Gasteiger partial charge in [0.05, 0.1) is 26.2 Å². The second-order valence-electron chi connectivity index (χ2n) is 6.98. The van der Waals surface area contributed by atoms with Crippen LogP contribution in [-0.2, 0) is 21.4 Å². The number of hydrogen-bond acceptors (Lipinski definition) is 6. The van der Waals surface area contributed by atoms with Crippen LogP contribution in [0.2, 0.25) is 0 Å². The number of hydrogen-bond donors (Lipinski definition) is 1. The van der Waals surface area contributed by atoms with E-state index in [0.29, 0.717) is 22.7 Å². The van der Waals surface area contributed by atoms with Gasteiger partial charge in [0.25, 0.3) is 5.91 Å². The summed E-state index contributed by atoms with van der Waals surface area (Å²) in [6.07, 6.45) is 1.02. The summed E-state index contributed by atoms with van der Waals surface area (Å²) in [4.78, 5) is 25.9. The highest BCUT2D eigenvalue weighted by Gasteiger charge is 2.21. The van der Waals surface area contributed by atoms with Crippen molar-refractivity contribution in [1.29, 1.82) is 0 Å². The number of rotatable bonds is 9. The number of carbonyl (C=O) groups excluding carboxylic acids is 2. The van der Waals surface area contributed by atoms with Crippen LogP contribution in [0.1, 0.15) is 15.9 Å². The quantitative estimate of drug-likeness (QED) is 0.622. The predicted octanol–water partition coefficient (Wildman–Crippen LogP) is 1.49. The first-order valence-corrected chi connectivity index (χ1v) is 11.2. The van der Waals surface area contributed by atoms with Crippen LogP contribution in [0.25, 0.3) is 0 Å². The number of ether oxygens (including phenoxy) is 2. The molecule has 0 radical (unpaired) electrons. The Labute approximate surface area is 182 Å². The van der Waals surface area contributed by atoms with Crippen molar-refractivity contribution in [3.8, 4) is 11.5 Å². The SMILES string of the molecule is COc1ccc(CNC(=O)CN(c2ccc(C(=O)N(C)C)cc2)S(C)(=O)=O)cc1OC. The Morgan fingerprint density at radius 1 is 0.968 bits per heavy atom. The average molecular weight is 450 g/mol. The van der Waals surface area contributed by atoms with Crippen LogP contribution >= 0.6 is 0 Å². The molecule has 0 aliphatic rings. The van der Waals surface area contributed by atoms with Gasteiger partial charge in [-0.25, -0.2) is 8.42 Å². The molecule has 2 aromatic rings. The second-order valence-corrected chi connectivity index (χ2v) is 8.89. The molecule has 9 nitrogen and oxygen atoms in total. The lowest BCUT2D eigenvalue weighted by molar-refractivity contribution is -0.119. The highest BCUT2D eigenvalue weighted by atomic mass is 32.2. The maximum atomic E-state index is 12.5. The lowest BCUT2D eigenvalue weighted by Crippen LogP contribution is -2.40. The van der Waals surface area contributed by atoms with Crippen molar-refractivity contribution in [2.75, 3.05) is 45.4 Å². The third-order valence-electron chi connectivity index (χ3n) is 4.43. The van der Waals surface area contributed by atoms with E-state index in [4.69, 9.17) is 9.47 Å². The average Bonchev–Trinajstić information content (AvgIpc) is 2.74. The molecule has 0 fully saturated rings. The number of amides is 2. The lowest BCUT2D eigenvalue weighted by atomic mass is 10.2. The molecule has 31 heavy (non-hydrogen) atoms. The summed E-state index contributed by atoms with van der Waals surface area (Å²) >= 11 is 0. The number of nitrogens with zero attached hydrogens (tertiary/aromatic N) is 2. The highest BCUT2D eigenvalue weighted by molar-refractivity contribution is 7.92. The first-order valence-electron chi connectivity index (χ1n) is 9.34. The molecule has 2 aromatic carbocycles. The van der Waals surface area contributed by atoms with E-state index in [0.717, 1.165) is 16.1 Å². The Balaban J connectivity index is 2.11. The molecule has 1 N–H and O–H groups in total. The normalized spacial score (nSPS) is 10.9. The van der Waals surface area contributed by atoms with Crippen molar-refractivity contribution in [2.45, 2.75) is 6.54 Å². The van der Waals surface area contributed by atoms with Crippen LogP contribution in [0.15, 0.2) is 42.5 Å². The highest BCUT2D eigenvalue weighted by Crippen LogP contribution is 2.27. The molecule has 0 bridgehead atoms. The van der Waals surface area contributed by atoms with Crippen molar-refractivity contribution >= 4 is 27.5 Å². The Kier molecular flexibility index (Phi) is 7.87. The topological polar surface area (TPSA) is 105 Å². The smallest absolute Gasteiger partial charge is 0.253 e. The summed E-state index contributed by atoms with van der Waals surface area (Å²) < 4.78 is 35.9. The first kappa shape index (κ1) is 24.0.